The fourth-order valence-electron chi connectivity index (χ4n) is 11.9. The molecule has 5 aliphatic carbocycles. The number of carboxylic acids is 1. The van der Waals surface area contributed by atoms with Crippen molar-refractivity contribution < 1.29 is 34.7 Å². The molecular weight excluding hydrogens is 532 g/mol. The first-order valence-corrected chi connectivity index (χ1v) is 16.7. The Hall–Kier alpha value is -0.990. The minimum Gasteiger partial charge on any atom is -0.481 e. The van der Waals surface area contributed by atoms with Gasteiger partial charge in [0.1, 0.15) is 6.10 Å². The van der Waals surface area contributed by atoms with Gasteiger partial charge >= 0.3 is 5.97 Å². The number of rotatable bonds is 4. The molecule has 0 aromatic heterocycles. The topological polar surface area (TPSA) is 116 Å². The lowest BCUT2D eigenvalue weighted by Gasteiger charge is -2.71. The molecule has 7 nitrogen and oxygen atoms in total. The van der Waals surface area contributed by atoms with Gasteiger partial charge in [0.2, 0.25) is 0 Å². The van der Waals surface area contributed by atoms with Crippen LogP contribution in [0.15, 0.2) is 11.6 Å². The van der Waals surface area contributed by atoms with Gasteiger partial charge < -0.3 is 29.9 Å². The molecule has 4 saturated carbocycles. The summed E-state index contributed by atoms with van der Waals surface area (Å²) in [7, 11) is 0. The molecule has 1 saturated heterocycles. The number of hydrogen-bond acceptors (Lipinski definition) is 6. The average molecular weight is 589 g/mol. The average Bonchev–Trinajstić information content (AvgIpc) is 2.92. The zero-order valence-electron chi connectivity index (χ0n) is 26.8. The monoisotopic (exact) mass is 588 g/mol. The summed E-state index contributed by atoms with van der Waals surface area (Å²) in [6.07, 6.45) is 9.54. The van der Waals surface area contributed by atoms with Crippen molar-refractivity contribution in [2.75, 3.05) is 13.2 Å². The van der Waals surface area contributed by atoms with E-state index in [1.54, 1.807) is 0 Å². The van der Waals surface area contributed by atoms with Crippen LogP contribution < -0.4 is 0 Å². The summed E-state index contributed by atoms with van der Waals surface area (Å²) in [6, 6.07) is 0. The molecule has 238 valence electrons. The zero-order chi connectivity index (χ0) is 30.5. The van der Waals surface area contributed by atoms with Gasteiger partial charge in [0.15, 0.2) is 6.29 Å². The summed E-state index contributed by atoms with van der Waals surface area (Å²) in [6.45, 7) is 14.4. The van der Waals surface area contributed by atoms with Gasteiger partial charge in [-0.15, -0.1) is 0 Å². The van der Waals surface area contributed by atoms with E-state index in [9.17, 15) is 25.2 Å². The Morgan fingerprint density at radius 3 is 2.33 bits per heavy atom. The van der Waals surface area contributed by atoms with Crippen LogP contribution in [0.2, 0.25) is 0 Å². The molecule has 5 fully saturated rings. The Labute approximate surface area is 252 Å². The summed E-state index contributed by atoms with van der Waals surface area (Å²) in [5.74, 6) is 0.243. The van der Waals surface area contributed by atoms with E-state index in [4.69, 9.17) is 9.47 Å². The molecule has 0 radical (unpaired) electrons. The largest absolute Gasteiger partial charge is 0.481 e. The van der Waals surface area contributed by atoms with Crippen LogP contribution in [0, 0.1) is 50.2 Å². The first-order valence-electron chi connectivity index (χ1n) is 16.7. The van der Waals surface area contributed by atoms with Crippen LogP contribution in [-0.4, -0.2) is 64.2 Å². The smallest absolute Gasteiger partial charge is 0.310 e. The number of aliphatic carboxylic acids is 1. The van der Waals surface area contributed by atoms with E-state index in [1.165, 1.54) is 5.57 Å². The second-order valence-electron chi connectivity index (χ2n) is 17.1. The molecular formula is C35H56O7. The van der Waals surface area contributed by atoms with Crippen molar-refractivity contribution in [2.45, 2.75) is 137 Å². The minimum atomic E-state index is -0.884. The van der Waals surface area contributed by atoms with Crippen molar-refractivity contribution >= 4 is 5.97 Å². The Balaban J connectivity index is 1.32. The van der Waals surface area contributed by atoms with Crippen molar-refractivity contribution in [1.29, 1.82) is 0 Å². The summed E-state index contributed by atoms with van der Waals surface area (Å²) in [5.41, 5.74) is 0.583. The van der Waals surface area contributed by atoms with Gasteiger partial charge in [-0.05, 0) is 104 Å². The summed E-state index contributed by atoms with van der Waals surface area (Å²) in [5, 5.41) is 41.7. The van der Waals surface area contributed by atoms with E-state index in [2.05, 4.69) is 47.6 Å². The van der Waals surface area contributed by atoms with Crippen LogP contribution in [0.3, 0.4) is 0 Å². The molecule has 1 aliphatic heterocycles. The van der Waals surface area contributed by atoms with Crippen molar-refractivity contribution in [3.8, 4) is 0 Å². The van der Waals surface area contributed by atoms with Crippen molar-refractivity contribution in [3.05, 3.63) is 11.6 Å². The Morgan fingerprint density at radius 2 is 1.67 bits per heavy atom. The number of hydrogen-bond donors (Lipinski definition) is 4. The zero-order valence-corrected chi connectivity index (χ0v) is 26.8. The lowest BCUT2D eigenvalue weighted by molar-refractivity contribution is -0.283. The van der Waals surface area contributed by atoms with Crippen LogP contribution in [0.4, 0.5) is 0 Å². The van der Waals surface area contributed by atoms with E-state index < -0.39 is 35.3 Å². The summed E-state index contributed by atoms with van der Waals surface area (Å²) < 4.78 is 12.3. The van der Waals surface area contributed by atoms with Crippen molar-refractivity contribution in [1.82, 2.24) is 0 Å². The molecule has 6 rings (SSSR count). The molecule has 0 amide bonds. The van der Waals surface area contributed by atoms with E-state index in [1.807, 2.05) is 0 Å². The SMILES string of the molecule is CC1(C)CC[C@]2(C(=O)O)CC[C@]3(C)C(=CCC4[C@@]5(C)CC[C@H](O[C@H]6C[C@@H](O)[C@H](O)CO6)[C@@](C)(CO)[C@@H]5CC[C@]43C)[C@@H]2C1. The van der Waals surface area contributed by atoms with Crippen LogP contribution in [-0.2, 0) is 14.3 Å². The van der Waals surface area contributed by atoms with E-state index >= 15 is 0 Å². The Kier molecular flexibility index (Phi) is 7.39. The fourth-order valence-corrected chi connectivity index (χ4v) is 11.9. The van der Waals surface area contributed by atoms with E-state index in [-0.39, 0.29) is 59.2 Å². The Bertz CT molecular complexity index is 1120. The second-order valence-corrected chi connectivity index (χ2v) is 17.1. The lowest BCUT2D eigenvalue weighted by Crippen LogP contribution is -2.66. The highest BCUT2D eigenvalue weighted by atomic mass is 16.7. The van der Waals surface area contributed by atoms with Crippen LogP contribution >= 0.6 is 0 Å². The fraction of sp³-hybridized carbons (Fsp3) is 0.914. The number of aliphatic hydroxyl groups is 3. The van der Waals surface area contributed by atoms with Crippen LogP contribution in [0.5, 0.6) is 0 Å². The molecule has 6 aliphatic rings. The van der Waals surface area contributed by atoms with Gasteiger partial charge in [-0.2, -0.15) is 0 Å². The van der Waals surface area contributed by atoms with Gasteiger partial charge in [-0.3, -0.25) is 4.79 Å². The predicted octanol–water partition coefficient (Wildman–Crippen LogP) is 5.70. The normalized spacial score (nSPS) is 53.5. The summed E-state index contributed by atoms with van der Waals surface area (Å²) in [4.78, 5) is 12.9. The standard InChI is InChI=1S/C35H56O7/c1-30(2)13-15-35(29(39)40)16-14-33(5)21(22(35)18-30)7-8-26-31(3)11-10-27(42-28-17-23(37)24(38)19-41-28)32(4,20-36)25(31)9-12-34(26,33)6/h7,22-28,36-38H,8-20H2,1-6H3,(H,39,40)/t22-,23+,24+,25+,26?,27-,28-,31-,32-,33+,34+,35-/m0/s1. The lowest BCUT2D eigenvalue weighted by atomic mass is 9.33. The maximum absolute atomic E-state index is 12.9. The van der Waals surface area contributed by atoms with Crippen molar-refractivity contribution in [2.24, 2.45) is 50.2 Å². The van der Waals surface area contributed by atoms with Gasteiger partial charge in [0.25, 0.3) is 0 Å². The number of carboxylic acid groups (broad SMARTS) is 1. The minimum absolute atomic E-state index is 0.0195. The third-order valence-corrected chi connectivity index (χ3v) is 14.8. The molecule has 0 spiro atoms. The second kappa shape index (κ2) is 10.0. The molecule has 12 atom stereocenters. The molecule has 42 heavy (non-hydrogen) atoms. The van der Waals surface area contributed by atoms with Gasteiger partial charge in [-0.1, -0.05) is 53.2 Å². The van der Waals surface area contributed by atoms with E-state index in [0.29, 0.717) is 5.92 Å². The predicted molar refractivity (Wildman–Crippen MR) is 159 cm³/mol. The molecule has 0 bridgehead atoms. The number of ether oxygens (including phenoxy) is 2. The Morgan fingerprint density at radius 1 is 0.952 bits per heavy atom. The molecule has 1 heterocycles. The summed E-state index contributed by atoms with van der Waals surface area (Å²) >= 11 is 0. The highest BCUT2D eigenvalue weighted by Gasteiger charge is 2.70. The van der Waals surface area contributed by atoms with Gasteiger partial charge in [-0.25, -0.2) is 0 Å². The number of carbonyl (C=O) groups is 1. The maximum atomic E-state index is 12.9. The molecule has 0 aromatic rings. The number of fused-ring (bicyclic) bond motifs is 7. The molecule has 7 heteroatoms. The first-order chi connectivity index (χ1) is 19.6. The maximum Gasteiger partial charge on any atom is 0.310 e. The number of aliphatic hydroxyl groups excluding tert-OH is 3. The number of allylic oxidation sites excluding steroid dienone is 2. The third kappa shape index (κ3) is 4.19. The first kappa shape index (κ1) is 31.0. The molecule has 1 unspecified atom stereocenters. The quantitative estimate of drug-likeness (QED) is 0.246. The van der Waals surface area contributed by atoms with Crippen molar-refractivity contribution in [3.63, 3.8) is 0 Å². The highest BCUT2D eigenvalue weighted by Crippen LogP contribution is 2.76. The third-order valence-electron chi connectivity index (χ3n) is 14.8. The molecule has 4 N–H and O–H groups in total. The van der Waals surface area contributed by atoms with Gasteiger partial charge in [0, 0.05) is 11.8 Å². The highest BCUT2D eigenvalue weighted by molar-refractivity contribution is 5.76. The molecule has 0 aromatic carbocycles. The van der Waals surface area contributed by atoms with Crippen LogP contribution in [0.25, 0.3) is 0 Å². The van der Waals surface area contributed by atoms with E-state index in [0.717, 1.165) is 64.2 Å². The van der Waals surface area contributed by atoms with Gasteiger partial charge in [0.05, 0.1) is 30.8 Å². The van der Waals surface area contributed by atoms with Crippen LogP contribution in [0.1, 0.15) is 112 Å².